The molecule has 22 heavy (non-hydrogen) atoms. The summed E-state index contributed by atoms with van der Waals surface area (Å²) in [4.78, 5) is 11.8. The molecular formula is C15H11Cl3FNO2. The largest absolute Gasteiger partial charge is 0.482 e. The highest BCUT2D eigenvalue weighted by Gasteiger charge is 2.11. The average molecular weight is 363 g/mol. The van der Waals surface area contributed by atoms with Crippen molar-refractivity contribution in [1.29, 1.82) is 0 Å². The molecule has 7 heteroatoms. The first kappa shape index (κ1) is 16.9. The molecule has 0 saturated heterocycles. The number of nitrogens with one attached hydrogen (secondary N) is 1. The first-order chi connectivity index (χ1) is 10.4. The van der Waals surface area contributed by atoms with Gasteiger partial charge in [-0.15, -0.1) is 0 Å². The van der Waals surface area contributed by atoms with Crippen LogP contribution in [0.1, 0.15) is 5.56 Å². The predicted octanol–water partition coefficient (Wildman–Crippen LogP) is 5.11. The number of benzene rings is 2. The van der Waals surface area contributed by atoms with Crippen LogP contribution in [0.2, 0.25) is 15.1 Å². The number of rotatable bonds is 4. The molecule has 0 bridgehead atoms. The molecule has 0 saturated carbocycles. The van der Waals surface area contributed by atoms with Crippen molar-refractivity contribution in [2.75, 3.05) is 11.9 Å². The molecule has 0 aliphatic carbocycles. The number of halogens is 4. The molecule has 0 heterocycles. The van der Waals surface area contributed by atoms with Crippen LogP contribution in [0, 0.1) is 12.7 Å². The maximum Gasteiger partial charge on any atom is 0.262 e. The summed E-state index contributed by atoms with van der Waals surface area (Å²) in [6.45, 7) is 1.45. The monoisotopic (exact) mass is 361 g/mol. The van der Waals surface area contributed by atoms with Crippen LogP contribution in [0.3, 0.4) is 0 Å². The highest BCUT2D eigenvalue weighted by molar-refractivity contribution is 6.43. The zero-order valence-electron chi connectivity index (χ0n) is 11.4. The van der Waals surface area contributed by atoms with Gasteiger partial charge in [0.15, 0.2) is 6.61 Å². The lowest BCUT2D eigenvalue weighted by molar-refractivity contribution is -0.118. The van der Waals surface area contributed by atoms with Gasteiger partial charge in [-0.2, -0.15) is 0 Å². The molecule has 0 spiro atoms. The van der Waals surface area contributed by atoms with Gasteiger partial charge in [-0.3, -0.25) is 4.79 Å². The van der Waals surface area contributed by atoms with Crippen LogP contribution in [-0.2, 0) is 4.79 Å². The van der Waals surface area contributed by atoms with E-state index in [2.05, 4.69) is 5.32 Å². The van der Waals surface area contributed by atoms with E-state index in [1.165, 1.54) is 24.3 Å². The summed E-state index contributed by atoms with van der Waals surface area (Å²) >= 11 is 17.6. The average Bonchev–Trinajstić information content (AvgIpc) is 2.45. The molecule has 1 amide bonds. The van der Waals surface area contributed by atoms with Crippen molar-refractivity contribution >= 4 is 46.4 Å². The lowest BCUT2D eigenvalue weighted by Crippen LogP contribution is -2.21. The van der Waals surface area contributed by atoms with E-state index in [1.807, 2.05) is 0 Å². The second kappa shape index (κ2) is 7.18. The van der Waals surface area contributed by atoms with Crippen molar-refractivity contribution in [2.24, 2.45) is 0 Å². The van der Waals surface area contributed by atoms with Crippen molar-refractivity contribution in [3.05, 3.63) is 56.8 Å². The molecule has 116 valence electrons. The van der Waals surface area contributed by atoms with Crippen LogP contribution in [-0.4, -0.2) is 12.5 Å². The van der Waals surface area contributed by atoms with E-state index in [1.54, 1.807) is 13.0 Å². The summed E-state index contributed by atoms with van der Waals surface area (Å²) in [5.41, 5.74) is 0.916. The molecule has 2 aromatic rings. The Morgan fingerprint density at radius 2 is 1.82 bits per heavy atom. The van der Waals surface area contributed by atoms with Crippen LogP contribution in [0.15, 0.2) is 30.3 Å². The first-order valence-electron chi connectivity index (χ1n) is 6.20. The molecule has 0 aliphatic rings. The minimum atomic E-state index is -0.522. The number of carbonyl (C=O) groups excluding carboxylic acids is 1. The fourth-order valence-electron chi connectivity index (χ4n) is 1.68. The fraction of sp³-hybridized carbons (Fsp3) is 0.133. The zero-order valence-corrected chi connectivity index (χ0v) is 13.7. The van der Waals surface area contributed by atoms with E-state index in [-0.39, 0.29) is 33.1 Å². The van der Waals surface area contributed by atoms with Crippen LogP contribution in [0.4, 0.5) is 10.1 Å². The van der Waals surface area contributed by atoms with Gasteiger partial charge in [0.1, 0.15) is 11.6 Å². The Bertz CT molecular complexity index is 722. The predicted molar refractivity (Wildman–Crippen MR) is 86.7 cm³/mol. The second-order valence-corrected chi connectivity index (χ2v) is 5.74. The number of ether oxygens (including phenoxy) is 1. The van der Waals surface area contributed by atoms with Gasteiger partial charge < -0.3 is 10.1 Å². The minimum absolute atomic E-state index is 0.0915. The van der Waals surface area contributed by atoms with E-state index < -0.39 is 11.7 Å². The Labute approximate surface area is 141 Å². The summed E-state index contributed by atoms with van der Waals surface area (Å²) in [5.74, 6) is -0.825. The van der Waals surface area contributed by atoms with Gasteiger partial charge in [0, 0.05) is 6.07 Å². The summed E-state index contributed by atoms with van der Waals surface area (Å²) < 4.78 is 18.8. The third-order valence-corrected chi connectivity index (χ3v) is 3.75. The molecule has 0 aromatic heterocycles. The van der Waals surface area contributed by atoms with Gasteiger partial charge in [0.05, 0.1) is 20.8 Å². The summed E-state index contributed by atoms with van der Waals surface area (Å²) in [6.07, 6.45) is 0. The number of carbonyl (C=O) groups is 1. The Hall–Kier alpha value is -1.49. The van der Waals surface area contributed by atoms with E-state index >= 15 is 0 Å². The lowest BCUT2D eigenvalue weighted by atomic mass is 10.2. The summed E-state index contributed by atoms with van der Waals surface area (Å²) in [5, 5.41) is 3.19. The van der Waals surface area contributed by atoms with Gasteiger partial charge in [-0.1, -0.05) is 40.9 Å². The Kier molecular flexibility index (Phi) is 5.51. The van der Waals surface area contributed by atoms with E-state index in [9.17, 15) is 9.18 Å². The zero-order chi connectivity index (χ0) is 16.3. The van der Waals surface area contributed by atoms with Crippen molar-refractivity contribution in [2.45, 2.75) is 6.92 Å². The molecule has 3 nitrogen and oxygen atoms in total. The Morgan fingerprint density at radius 3 is 2.55 bits per heavy atom. The maximum atomic E-state index is 13.5. The molecule has 2 rings (SSSR count). The first-order valence-corrected chi connectivity index (χ1v) is 7.33. The molecule has 0 aliphatic heterocycles. The number of hydrogen-bond donors (Lipinski definition) is 1. The van der Waals surface area contributed by atoms with E-state index in [0.717, 1.165) is 5.56 Å². The SMILES string of the molecule is Cc1ccc(F)c(NC(=O)COc2cc(Cl)c(Cl)cc2Cl)c1. The van der Waals surface area contributed by atoms with Crippen molar-refractivity contribution < 1.29 is 13.9 Å². The Morgan fingerprint density at radius 1 is 1.14 bits per heavy atom. The van der Waals surface area contributed by atoms with Crippen LogP contribution in [0.5, 0.6) is 5.75 Å². The molecule has 1 N–H and O–H groups in total. The standard InChI is InChI=1S/C15H11Cl3FNO2/c1-8-2-3-12(19)13(4-8)20-15(21)7-22-14-6-10(17)9(16)5-11(14)18/h2-6H,7H2,1H3,(H,20,21). The van der Waals surface area contributed by atoms with Crippen LogP contribution in [0.25, 0.3) is 0 Å². The number of anilines is 1. The quantitative estimate of drug-likeness (QED) is 0.767. The third-order valence-electron chi connectivity index (χ3n) is 2.73. The molecule has 0 unspecified atom stereocenters. The van der Waals surface area contributed by atoms with Gasteiger partial charge in [0.2, 0.25) is 0 Å². The molecule has 0 radical (unpaired) electrons. The van der Waals surface area contributed by atoms with Gasteiger partial charge >= 0.3 is 0 Å². The second-order valence-electron chi connectivity index (χ2n) is 4.52. The van der Waals surface area contributed by atoms with Gasteiger partial charge in [0.25, 0.3) is 5.91 Å². The van der Waals surface area contributed by atoms with Crippen molar-refractivity contribution in [1.82, 2.24) is 0 Å². The number of hydrogen-bond acceptors (Lipinski definition) is 2. The highest BCUT2D eigenvalue weighted by Crippen LogP contribution is 2.33. The van der Waals surface area contributed by atoms with Crippen LogP contribution < -0.4 is 10.1 Å². The summed E-state index contributed by atoms with van der Waals surface area (Å²) in [7, 11) is 0. The molecule has 0 atom stereocenters. The van der Waals surface area contributed by atoms with Crippen molar-refractivity contribution in [3.8, 4) is 5.75 Å². The molecule has 2 aromatic carbocycles. The fourth-order valence-corrected chi connectivity index (χ4v) is 2.27. The third kappa shape index (κ3) is 4.26. The van der Waals surface area contributed by atoms with Gasteiger partial charge in [-0.25, -0.2) is 4.39 Å². The number of aryl methyl sites for hydroxylation is 1. The highest BCUT2D eigenvalue weighted by atomic mass is 35.5. The molecule has 0 fully saturated rings. The number of amides is 1. The van der Waals surface area contributed by atoms with E-state index in [0.29, 0.717) is 0 Å². The Balaban J connectivity index is 2.01. The van der Waals surface area contributed by atoms with E-state index in [4.69, 9.17) is 39.5 Å². The van der Waals surface area contributed by atoms with Gasteiger partial charge in [-0.05, 0) is 30.7 Å². The van der Waals surface area contributed by atoms with Crippen molar-refractivity contribution in [3.63, 3.8) is 0 Å². The topological polar surface area (TPSA) is 38.3 Å². The lowest BCUT2D eigenvalue weighted by Gasteiger charge is -2.10. The smallest absolute Gasteiger partial charge is 0.262 e. The maximum absolute atomic E-state index is 13.5. The van der Waals surface area contributed by atoms with Crippen LogP contribution >= 0.6 is 34.8 Å². The molecular weight excluding hydrogens is 352 g/mol. The summed E-state index contributed by atoms with van der Waals surface area (Å²) in [6, 6.07) is 7.24. The normalized spacial score (nSPS) is 10.4. The minimum Gasteiger partial charge on any atom is -0.482 e.